The molecule has 0 atom stereocenters. The lowest BCUT2D eigenvalue weighted by atomic mass is 10.3. The minimum Gasteiger partial charge on any atom is -0.410 e. The van der Waals surface area contributed by atoms with Crippen molar-refractivity contribution < 1.29 is 14.3 Å². The molecule has 0 aliphatic carbocycles. The molecule has 0 heterocycles. The van der Waals surface area contributed by atoms with Gasteiger partial charge in [0.15, 0.2) is 0 Å². The van der Waals surface area contributed by atoms with E-state index < -0.39 is 0 Å². The maximum absolute atomic E-state index is 12.1. The van der Waals surface area contributed by atoms with Crippen LogP contribution in [0.15, 0.2) is 24.3 Å². The highest BCUT2D eigenvalue weighted by Crippen LogP contribution is 2.19. The van der Waals surface area contributed by atoms with Gasteiger partial charge in [-0.2, -0.15) is 0 Å². The average Bonchev–Trinajstić information content (AvgIpc) is 2.48. The van der Waals surface area contributed by atoms with Crippen LogP contribution in [0.2, 0.25) is 0 Å². The van der Waals surface area contributed by atoms with Crippen LogP contribution in [0.5, 0.6) is 5.75 Å². The molecule has 0 fully saturated rings. The van der Waals surface area contributed by atoms with Gasteiger partial charge in [0, 0.05) is 24.8 Å². The molecule has 2 amide bonds. The van der Waals surface area contributed by atoms with E-state index in [4.69, 9.17) is 4.74 Å². The Morgan fingerprint density at radius 2 is 2.10 bits per heavy atom. The molecule has 21 heavy (non-hydrogen) atoms. The van der Waals surface area contributed by atoms with Crippen LogP contribution in [-0.2, 0) is 0 Å². The number of ether oxygens (including phenoxy) is 1. The summed E-state index contributed by atoms with van der Waals surface area (Å²) in [5, 5.41) is 2.55. The van der Waals surface area contributed by atoms with Gasteiger partial charge in [0.2, 0.25) is 0 Å². The first kappa shape index (κ1) is 17.4. The van der Waals surface area contributed by atoms with Crippen LogP contribution in [0.4, 0.5) is 15.3 Å². The normalized spacial score (nSPS) is 10.0. The van der Waals surface area contributed by atoms with E-state index in [1.165, 1.54) is 0 Å². The van der Waals surface area contributed by atoms with Crippen molar-refractivity contribution in [2.45, 2.75) is 26.7 Å². The van der Waals surface area contributed by atoms with Crippen molar-refractivity contribution >= 4 is 28.8 Å². The van der Waals surface area contributed by atoms with E-state index in [-0.39, 0.29) is 11.3 Å². The summed E-state index contributed by atoms with van der Waals surface area (Å²) in [6.45, 7) is 5.31. The van der Waals surface area contributed by atoms with Crippen LogP contribution < -0.4 is 10.1 Å². The molecule has 1 rings (SSSR count). The fourth-order valence-corrected chi connectivity index (χ4v) is 1.92. The van der Waals surface area contributed by atoms with Gasteiger partial charge in [0.1, 0.15) is 5.75 Å². The van der Waals surface area contributed by atoms with Crippen molar-refractivity contribution in [2.75, 3.05) is 24.7 Å². The van der Waals surface area contributed by atoms with E-state index in [0.717, 1.165) is 24.6 Å². The third-order valence-corrected chi connectivity index (χ3v) is 3.37. The second-order valence-electron chi connectivity index (χ2n) is 4.45. The van der Waals surface area contributed by atoms with E-state index in [1.807, 2.05) is 6.92 Å². The second kappa shape index (κ2) is 9.28. The fourth-order valence-electron chi connectivity index (χ4n) is 1.70. The molecule has 0 aliphatic heterocycles. The van der Waals surface area contributed by atoms with Crippen molar-refractivity contribution in [2.24, 2.45) is 0 Å². The molecule has 0 aromatic heterocycles. The first-order valence-corrected chi connectivity index (χ1v) is 8.25. The van der Waals surface area contributed by atoms with Crippen molar-refractivity contribution in [1.82, 2.24) is 4.90 Å². The van der Waals surface area contributed by atoms with Gasteiger partial charge in [0.05, 0.1) is 0 Å². The molecule has 1 aromatic carbocycles. The Labute approximate surface area is 130 Å². The topological polar surface area (TPSA) is 58.6 Å². The van der Waals surface area contributed by atoms with Crippen molar-refractivity contribution in [3.05, 3.63) is 24.3 Å². The van der Waals surface area contributed by atoms with Gasteiger partial charge < -0.3 is 15.0 Å². The van der Waals surface area contributed by atoms with Gasteiger partial charge in [-0.05, 0) is 31.7 Å². The lowest BCUT2D eigenvalue weighted by Crippen LogP contribution is -2.34. The molecular weight excluding hydrogens is 288 g/mol. The van der Waals surface area contributed by atoms with Crippen molar-refractivity contribution in [3.63, 3.8) is 0 Å². The van der Waals surface area contributed by atoms with Crippen molar-refractivity contribution in [3.8, 4) is 5.75 Å². The molecule has 0 spiro atoms. The minimum atomic E-state index is -0.362. The van der Waals surface area contributed by atoms with Gasteiger partial charge in [-0.3, -0.25) is 4.79 Å². The van der Waals surface area contributed by atoms with E-state index in [9.17, 15) is 9.59 Å². The Bertz CT molecular complexity index is 480. The van der Waals surface area contributed by atoms with E-state index >= 15 is 0 Å². The van der Waals surface area contributed by atoms with Crippen LogP contribution in [-0.4, -0.2) is 35.6 Å². The summed E-state index contributed by atoms with van der Waals surface area (Å²) in [7, 11) is 0. The predicted molar refractivity (Wildman–Crippen MR) is 87.2 cm³/mol. The van der Waals surface area contributed by atoms with Gasteiger partial charge in [-0.25, -0.2) is 4.79 Å². The highest BCUT2D eigenvalue weighted by atomic mass is 32.2. The van der Waals surface area contributed by atoms with Gasteiger partial charge in [-0.1, -0.05) is 31.2 Å². The molecule has 0 radical (unpaired) electrons. The highest BCUT2D eigenvalue weighted by Gasteiger charge is 2.13. The monoisotopic (exact) mass is 310 g/mol. The van der Waals surface area contributed by atoms with Crippen LogP contribution in [0, 0.1) is 0 Å². The molecule has 116 valence electrons. The Hall–Kier alpha value is -1.69. The number of anilines is 1. The lowest BCUT2D eigenvalue weighted by Gasteiger charge is -2.20. The molecule has 1 aromatic rings. The maximum atomic E-state index is 12.1. The Balaban J connectivity index is 2.66. The number of nitrogens with one attached hydrogen (secondary N) is 1. The number of unbranched alkanes of at least 4 members (excludes halogenated alkanes) is 1. The number of nitrogens with zero attached hydrogens (tertiary/aromatic N) is 1. The molecule has 0 aliphatic rings. The maximum Gasteiger partial charge on any atom is 0.415 e. The second-order valence-corrected chi connectivity index (χ2v) is 5.22. The summed E-state index contributed by atoms with van der Waals surface area (Å²) < 4.78 is 5.35. The van der Waals surface area contributed by atoms with E-state index in [2.05, 4.69) is 12.2 Å². The number of carbonyl (C=O) groups is 2. The fraction of sp³-hybridized carbons (Fsp3) is 0.467. The van der Waals surface area contributed by atoms with E-state index in [0.29, 0.717) is 24.5 Å². The molecule has 5 nitrogen and oxygen atoms in total. The van der Waals surface area contributed by atoms with Crippen LogP contribution in [0.3, 0.4) is 0 Å². The Morgan fingerprint density at radius 1 is 1.33 bits per heavy atom. The third kappa shape index (κ3) is 6.08. The number of amides is 2. The number of thioether (sulfide) groups is 1. The number of hydrogen-bond acceptors (Lipinski definition) is 4. The smallest absolute Gasteiger partial charge is 0.410 e. The zero-order chi connectivity index (χ0) is 15.7. The minimum absolute atomic E-state index is 0.156. The largest absolute Gasteiger partial charge is 0.415 e. The van der Waals surface area contributed by atoms with Crippen LogP contribution in [0.1, 0.15) is 26.7 Å². The lowest BCUT2D eigenvalue weighted by molar-refractivity contribution is 0.154. The summed E-state index contributed by atoms with van der Waals surface area (Å²) in [6.07, 6.45) is 3.32. The van der Waals surface area contributed by atoms with Crippen LogP contribution >= 0.6 is 11.8 Å². The molecule has 1 N–H and O–H groups in total. The summed E-state index contributed by atoms with van der Waals surface area (Å²) >= 11 is 1.09. The molecular formula is C15H22N2O3S. The van der Waals surface area contributed by atoms with E-state index in [1.54, 1.807) is 35.4 Å². The van der Waals surface area contributed by atoms with Gasteiger partial charge >= 0.3 is 6.09 Å². The number of hydrogen-bond donors (Lipinski definition) is 1. The summed E-state index contributed by atoms with van der Waals surface area (Å²) in [4.78, 5) is 25.0. The quantitative estimate of drug-likeness (QED) is 0.855. The summed E-state index contributed by atoms with van der Waals surface area (Å²) in [6, 6.07) is 6.82. The zero-order valence-corrected chi connectivity index (χ0v) is 13.5. The summed E-state index contributed by atoms with van der Waals surface area (Å²) in [5.74, 6) is 0.425. The highest BCUT2D eigenvalue weighted by molar-refractivity contribution is 8.13. The molecule has 6 heteroatoms. The number of benzene rings is 1. The van der Waals surface area contributed by atoms with Gasteiger partial charge in [0.25, 0.3) is 5.24 Å². The molecule has 0 saturated heterocycles. The molecule has 0 unspecified atom stereocenters. The summed E-state index contributed by atoms with van der Waals surface area (Å²) in [5.41, 5.74) is 0.608. The SMILES string of the molecule is CCCCN(CC)C(=O)Oc1cccc(NC(=O)SC)c1. The third-order valence-electron chi connectivity index (χ3n) is 2.89. The van der Waals surface area contributed by atoms with Gasteiger partial charge in [-0.15, -0.1) is 0 Å². The first-order valence-electron chi connectivity index (χ1n) is 7.02. The Morgan fingerprint density at radius 3 is 2.71 bits per heavy atom. The first-order chi connectivity index (χ1) is 10.1. The predicted octanol–water partition coefficient (Wildman–Crippen LogP) is 4.20. The average molecular weight is 310 g/mol. The zero-order valence-electron chi connectivity index (χ0n) is 12.7. The van der Waals surface area contributed by atoms with Crippen molar-refractivity contribution in [1.29, 1.82) is 0 Å². The Kier molecular flexibility index (Phi) is 7.68. The standard InChI is InChI=1S/C15H22N2O3S/c1-4-6-10-17(5-2)15(19)20-13-9-7-8-12(11-13)16-14(18)21-3/h7-9,11H,4-6,10H2,1-3H3,(H,16,18). The number of carbonyl (C=O) groups excluding carboxylic acids is 2. The molecule has 0 bridgehead atoms. The number of rotatable bonds is 6. The van der Waals surface area contributed by atoms with Crippen LogP contribution in [0.25, 0.3) is 0 Å². The molecule has 0 saturated carbocycles.